The summed E-state index contributed by atoms with van der Waals surface area (Å²) in [6.45, 7) is 3.62. The molecule has 0 bridgehead atoms. The zero-order valence-electron chi connectivity index (χ0n) is 12.2. The number of nitrogens with zero attached hydrogens (tertiary/aromatic N) is 5. The van der Waals surface area contributed by atoms with Crippen molar-refractivity contribution in [2.24, 2.45) is 0 Å². The first-order valence-corrected chi connectivity index (χ1v) is 6.95. The van der Waals surface area contributed by atoms with E-state index in [0.717, 1.165) is 35.9 Å². The van der Waals surface area contributed by atoms with Gasteiger partial charge in [-0.1, -0.05) is 6.07 Å². The van der Waals surface area contributed by atoms with Gasteiger partial charge in [0.05, 0.1) is 6.20 Å². The molecule has 6 nitrogen and oxygen atoms in total. The van der Waals surface area contributed by atoms with Crippen molar-refractivity contribution in [2.45, 2.75) is 13.5 Å². The number of aromatic nitrogens is 4. The molecule has 0 aliphatic carbocycles. The van der Waals surface area contributed by atoms with E-state index in [-0.39, 0.29) is 0 Å². The number of imidazole rings is 1. The maximum Gasteiger partial charge on any atom is 0.180 e. The predicted octanol–water partition coefficient (Wildman–Crippen LogP) is 2.19. The lowest BCUT2D eigenvalue weighted by Gasteiger charge is -2.19. The molecule has 0 unspecified atom stereocenters. The second-order valence-electron chi connectivity index (χ2n) is 4.86. The molecule has 0 saturated carbocycles. The van der Waals surface area contributed by atoms with Crippen molar-refractivity contribution in [1.82, 2.24) is 19.4 Å². The number of hydrogen-bond donors (Lipinski definition) is 1. The number of hydrogen-bond acceptors (Lipinski definition) is 5. The summed E-state index contributed by atoms with van der Waals surface area (Å²) in [5.74, 6) is 1.69. The summed E-state index contributed by atoms with van der Waals surface area (Å²) in [5.41, 5.74) is 1.99. The normalized spacial score (nSPS) is 10.8. The Morgan fingerprint density at radius 2 is 2.24 bits per heavy atom. The fraction of sp³-hybridized carbons (Fsp3) is 0.267. The highest BCUT2D eigenvalue weighted by atomic mass is 15.2. The van der Waals surface area contributed by atoms with Gasteiger partial charge in [0.25, 0.3) is 0 Å². The lowest BCUT2D eigenvalue weighted by atomic mass is 10.3. The van der Waals surface area contributed by atoms with Crippen molar-refractivity contribution < 1.29 is 0 Å². The van der Waals surface area contributed by atoms with Gasteiger partial charge < -0.3 is 14.6 Å². The Hall–Kier alpha value is -2.63. The first kappa shape index (κ1) is 13.4. The largest absolute Gasteiger partial charge is 0.369 e. The van der Waals surface area contributed by atoms with Gasteiger partial charge in [0.1, 0.15) is 5.82 Å². The smallest absolute Gasteiger partial charge is 0.180 e. The van der Waals surface area contributed by atoms with E-state index in [2.05, 4.69) is 38.2 Å². The van der Waals surface area contributed by atoms with Gasteiger partial charge in [-0.05, 0) is 18.6 Å². The van der Waals surface area contributed by atoms with Crippen molar-refractivity contribution >= 4 is 17.3 Å². The van der Waals surface area contributed by atoms with Crippen molar-refractivity contribution in [3.63, 3.8) is 0 Å². The molecule has 3 heterocycles. The Kier molecular flexibility index (Phi) is 3.68. The van der Waals surface area contributed by atoms with E-state index in [9.17, 15) is 0 Å². The van der Waals surface area contributed by atoms with Crippen LogP contribution in [0.3, 0.4) is 0 Å². The molecule has 0 spiro atoms. The van der Waals surface area contributed by atoms with E-state index in [1.807, 2.05) is 36.1 Å². The minimum absolute atomic E-state index is 0.735. The quantitative estimate of drug-likeness (QED) is 0.777. The highest BCUT2D eigenvalue weighted by molar-refractivity contribution is 5.66. The summed E-state index contributed by atoms with van der Waals surface area (Å²) in [5, 5.41) is 3.25. The molecule has 3 aromatic heterocycles. The Morgan fingerprint density at radius 3 is 3.00 bits per heavy atom. The summed E-state index contributed by atoms with van der Waals surface area (Å²) in [4.78, 5) is 15.3. The van der Waals surface area contributed by atoms with E-state index >= 15 is 0 Å². The van der Waals surface area contributed by atoms with Crippen LogP contribution < -0.4 is 10.2 Å². The van der Waals surface area contributed by atoms with Crippen LogP contribution in [0.5, 0.6) is 0 Å². The van der Waals surface area contributed by atoms with Gasteiger partial charge in [0, 0.05) is 44.9 Å². The zero-order chi connectivity index (χ0) is 14.7. The third-order valence-corrected chi connectivity index (χ3v) is 3.22. The molecular formula is C15H18N6. The Morgan fingerprint density at radius 1 is 1.33 bits per heavy atom. The monoisotopic (exact) mass is 282 g/mol. The Labute approximate surface area is 123 Å². The molecule has 0 radical (unpaired) electrons. The molecule has 0 aliphatic rings. The van der Waals surface area contributed by atoms with Crippen molar-refractivity contribution in [2.75, 3.05) is 23.8 Å². The van der Waals surface area contributed by atoms with Gasteiger partial charge in [0.2, 0.25) is 0 Å². The predicted molar refractivity (Wildman–Crippen MR) is 83.5 cm³/mol. The highest BCUT2D eigenvalue weighted by Gasteiger charge is 2.12. The van der Waals surface area contributed by atoms with E-state index in [1.54, 1.807) is 12.4 Å². The summed E-state index contributed by atoms with van der Waals surface area (Å²) in [6.07, 6.45) is 9.31. The first-order chi connectivity index (χ1) is 10.3. The van der Waals surface area contributed by atoms with Gasteiger partial charge in [-0.2, -0.15) is 0 Å². The van der Waals surface area contributed by atoms with Gasteiger partial charge in [-0.15, -0.1) is 0 Å². The molecule has 3 aromatic rings. The standard InChI is InChI=1S/C15H18N6/c1-3-17-13-11-21-8-7-18-14(21)15(19-13)20(2)10-12-5-4-6-16-9-12/h4-9,11,17H,3,10H2,1-2H3. The maximum atomic E-state index is 4.67. The second-order valence-corrected chi connectivity index (χ2v) is 4.86. The zero-order valence-corrected chi connectivity index (χ0v) is 12.2. The van der Waals surface area contributed by atoms with Crippen LogP contribution in [0.2, 0.25) is 0 Å². The van der Waals surface area contributed by atoms with Gasteiger partial charge in [-0.3, -0.25) is 4.98 Å². The highest BCUT2D eigenvalue weighted by Crippen LogP contribution is 2.21. The summed E-state index contributed by atoms with van der Waals surface area (Å²) < 4.78 is 1.99. The fourth-order valence-electron chi connectivity index (χ4n) is 2.28. The third kappa shape index (κ3) is 2.79. The second kappa shape index (κ2) is 5.78. The molecule has 0 fully saturated rings. The lowest BCUT2D eigenvalue weighted by molar-refractivity contribution is 0.886. The van der Waals surface area contributed by atoms with Crippen LogP contribution in [0.15, 0.2) is 43.1 Å². The molecule has 0 aromatic carbocycles. The molecular weight excluding hydrogens is 264 g/mol. The van der Waals surface area contributed by atoms with Gasteiger partial charge in [-0.25, -0.2) is 9.97 Å². The van der Waals surface area contributed by atoms with Crippen LogP contribution in [0.1, 0.15) is 12.5 Å². The number of fused-ring (bicyclic) bond motifs is 1. The summed E-state index contributed by atoms with van der Waals surface area (Å²) >= 11 is 0. The lowest BCUT2D eigenvalue weighted by Crippen LogP contribution is -2.19. The molecule has 108 valence electrons. The fourth-order valence-corrected chi connectivity index (χ4v) is 2.28. The average Bonchev–Trinajstić information content (AvgIpc) is 2.96. The Bertz CT molecular complexity index is 721. The van der Waals surface area contributed by atoms with Crippen molar-refractivity contribution in [3.8, 4) is 0 Å². The third-order valence-electron chi connectivity index (χ3n) is 3.22. The van der Waals surface area contributed by atoms with Crippen LogP contribution in [-0.2, 0) is 6.54 Å². The van der Waals surface area contributed by atoms with E-state index in [4.69, 9.17) is 0 Å². The van der Waals surface area contributed by atoms with Crippen LogP contribution in [0.4, 0.5) is 11.6 Å². The number of rotatable bonds is 5. The SMILES string of the molecule is CCNc1cn2ccnc2c(N(C)Cc2cccnc2)n1. The topological polar surface area (TPSA) is 58.4 Å². The van der Waals surface area contributed by atoms with Crippen molar-refractivity contribution in [3.05, 3.63) is 48.7 Å². The van der Waals surface area contributed by atoms with E-state index in [1.165, 1.54) is 0 Å². The molecule has 0 aliphatic heterocycles. The van der Waals surface area contributed by atoms with Crippen LogP contribution in [0, 0.1) is 0 Å². The summed E-state index contributed by atoms with van der Waals surface area (Å²) in [7, 11) is 2.01. The van der Waals surface area contributed by atoms with Crippen LogP contribution in [0.25, 0.3) is 5.65 Å². The minimum atomic E-state index is 0.735. The van der Waals surface area contributed by atoms with Gasteiger partial charge >= 0.3 is 0 Å². The number of pyridine rings is 1. The maximum absolute atomic E-state index is 4.67. The van der Waals surface area contributed by atoms with E-state index in [0.29, 0.717) is 0 Å². The van der Waals surface area contributed by atoms with E-state index < -0.39 is 0 Å². The first-order valence-electron chi connectivity index (χ1n) is 6.95. The molecule has 21 heavy (non-hydrogen) atoms. The molecule has 0 amide bonds. The molecule has 0 atom stereocenters. The van der Waals surface area contributed by atoms with Crippen LogP contribution >= 0.6 is 0 Å². The van der Waals surface area contributed by atoms with Crippen molar-refractivity contribution in [1.29, 1.82) is 0 Å². The number of nitrogens with one attached hydrogen (secondary N) is 1. The minimum Gasteiger partial charge on any atom is -0.369 e. The molecule has 6 heteroatoms. The Balaban J connectivity index is 1.96. The van der Waals surface area contributed by atoms with Gasteiger partial charge in [0.15, 0.2) is 11.5 Å². The molecule has 3 rings (SSSR count). The molecule has 1 N–H and O–H groups in total. The van der Waals surface area contributed by atoms with Crippen LogP contribution in [-0.4, -0.2) is 32.9 Å². The summed E-state index contributed by atoms with van der Waals surface area (Å²) in [6, 6.07) is 4.00. The molecule has 0 saturated heterocycles. The number of anilines is 2. The average molecular weight is 282 g/mol.